The van der Waals surface area contributed by atoms with Gasteiger partial charge in [0.05, 0.1) is 24.1 Å². The summed E-state index contributed by atoms with van der Waals surface area (Å²) in [6.07, 6.45) is 0. The zero-order valence-corrected chi connectivity index (χ0v) is 13.6. The fourth-order valence-electron chi connectivity index (χ4n) is 2.70. The van der Waals surface area contributed by atoms with E-state index in [1.165, 1.54) is 23.3 Å². The second kappa shape index (κ2) is 6.00. The molecule has 1 unspecified atom stereocenters. The van der Waals surface area contributed by atoms with Crippen molar-refractivity contribution in [2.24, 2.45) is 0 Å². The highest BCUT2D eigenvalue weighted by atomic mass is 32.1. The predicted molar refractivity (Wildman–Crippen MR) is 86.7 cm³/mol. The number of hydrogen-bond donors (Lipinski definition) is 1. The van der Waals surface area contributed by atoms with Crippen molar-refractivity contribution in [3.05, 3.63) is 34.7 Å². The van der Waals surface area contributed by atoms with E-state index in [4.69, 9.17) is 4.74 Å². The number of methoxy groups -OCH3 is 1. The number of piperazine rings is 1. The third-order valence-electron chi connectivity index (χ3n) is 3.70. The summed E-state index contributed by atoms with van der Waals surface area (Å²) >= 11 is 1.31. The minimum absolute atomic E-state index is 0.0568. The van der Waals surface area contributed by atoms with Gasteiger partial charge in [-0.25, -0.2) is 4.79 Å². The molecule has 0 radical (unpaired) electrons. The van der Waals surface area contributed by atoms with Crippen LogP contribution in [0.15, 0.2) is 24.3 Å². The maximum Gasteiger partial charge on any atom is 0.338 e. The van der Waals surface area contributed by atoms with Gasteiger partial charge < -0.3 is 15.0 Å². The molecular formula is C16H16N2O4S. The van der Waals surface area contributed by atoms with Crippen molar-refractivity contribution in [2.45, 2.75) is 13.0 Å². The molecule has 1 aromatic carbocycles. The molecule has 0 bridgehead atoms. The molecule has 2 heterocycles. The number of carbonyl (C=O) groups is 3. The minimum atomic E-state index is -0.432. The molecule has 7 heteroatoms. The molecule has 1 aliphatic heterocycles. The van der Waals surface area contributed by atoms with E-state index >= 15 is 0 Å². The summed E-state index contributed by atoms with van der Waals surface area (Å²) < 4.78 is 5.61. The lowest BCUT2D eigenvalue weighted by Crippen LogP contribution is -2.54. The van der Waals surface area contributed by atoms with Crippen LogP contribution in [-0.2, 0) is 9.53 Å². The lowest BCUT2D eigenvalue weighted by atomic mass is 10.1. The van der Waals surface area contributed by atoms with E-state index in [0.717, 1.165) is 4.70 Å². The normalized spacial score (nSPS) is 17.9. The van der Waals surface area contributed by atoms with Crippen molar-refractivity contribution in [2.75, 3.05) is 20.2 Å². The van der Waals surface area contributed by atoms with E-state index in [1.54, 1.807) is 18.2 Å². The van der Waals surface area contributed by atoms with Gasteiger partial charge in [0, 0.05) is 22.7 Å². The minimum Gasteiger partial charge on any atom is -0.465 e. The van der Waals surface area contributed by atoms with Crippen LogP contribution in [0.1, 0.15) is 27.0 Å². The Balaban J connectivity index is 1.95. The van der Waals surface area contributed by atoms with Gasteiger partial charge in [-0.05, 0) is 25.1 Å². The number of carbonyl (C=O) groups excluding carboxylic acids is 3. The molecular weight excluding hydrogens is 316 g/mol. The molecule has 2 aromatic rings. The van der Waals surface area contributed by atoms with Gasteiger partial charge in [0.2, 0.25) is 5.91 Å². The van der Waals surface area contributed by atoms with E-state index < -0.39 is 5.97 Å². The topological polar surface area (TPSA) is 75.7 Å². The van der Waals surface area contributed by atoms with Gasteiger partial charge in [-0.2, -0.15) is 0 Å². The van der Waals surface area contributed by atoms with Gasteiger partial charge in [-0.1, -0.05) is 6.07 Å². The molecule has 3 rings (SSSR count). The van der Waals surface area contributed by atoms with E-state index in [2.05, 4.69) is 5.32 Å². The van der Waals surface area contributed by atoms with Gasteiger partial charge in [0.1, 0.15) is 0 Å². The summed E-state index contributed by atoms with van der Waals surface area (Å²) in [6.45, 7) is 2.39. The molecule has 23 heavy (non-hydrogen) atoms. The van der Waals surface area contributed by atoms with Crippen LogP contribution in [0.4, 0.5) is 0 Å². The molecule has 0 spiro atoms. The number of rotatable bonds is 2. The number of nitrogens with one attached hydrogen (secondary N) is 1. The second-order valence-electron chi connectivity index (χ2n) is 5.47. The van der Waals surface area contributed by atoms with Crippen molar-refractivity contribution in [3.8, 4) is 0 Å². The van der Waals surface area contributed by atoms with Crippen LogP contribution in [0.25, 0.3) is 10.1 Å². The van der Waals surface area contributed by atoms with Gasteiger partial charge >= 0.3 is 5.97 Å². The van der Waals surface area contributed by atoms with Crippen molar-refractivity contribution in [1.29, 1.82) is 0 Å². The maximum absolute atomic E-state index is 12.7. The summed E-state index contributed by atoms with van der Waals surface area (Å²) in [5.41, 5.74) is 0.435. The fourth-order valence-corrected chi connectivity index (χ4v) is 3.75. The Morgan fingerprint density at radius 1 is 1.39 bits per heavy atom. The Hall–Kier alpha value is -2.41. The zero-order chi connectivity index (χ0) is 16.6. The highest BCUT2D eigenvalue weighted by molar-refractivity contribution is 7.20. The second-order valence-corrected chi connectivity index (χ2v) is 6.56. The lowest BCUT2D eigenvalue weighted by Gasteiger charge is -2.30. The van der Waals surface area contributed by atoms with E-state index in [-0.39, 0.29) is 24.4 Å². The Morgan fingerprint density at radius 2 is 2.17 bits per heavy atom. The number of esters is 1. The molecule has 6 nitrogen and oxygen atoms in total. The highest BCUT2D eigenvalue weighted by Crippen LogP contribution is 2.30. The number of thiophene rings is 1. The van der Waals surface area contributed by atoms with Gasteiger partial charge in [-0.15, -0.1) is 11.3 Å². The lowest BCUT2D eigenvalue weighted by molar-refractivity contribution is -0.124. The van der Waals surface area contributed by atoms with Gasteiger partial charge in [-0.3, -0.25) is 9.59 Å². The molecule has 1 aromatic heterocycles. The summed E-state index contributed by atoms with van der Waals surface area (Å²) in [5, 5.41) is 3.48. The number of fused-ring (bicyclic) bond motifs is 1. The summed E-state index contributed by atoms with van der Waals surface area (Å²) in [5.74, 6) is -0.782. The molecule has 1 fully saturated rings. The molecule has 1 aliphatic rings. The maximum atomic E-state index is 12.7. The largest absolute Gasteiger partial charge is 0.465 e. The van der Waals surface area contributed by atoms with Crippen molar-refractivity contribution < 1.29 is 19.1 Å². The van der Waals surface area contributed by atoms with Crippen LogP contribution in [0.5, 0.6) is 0 Å². The van der Waals surface area contributed by atoms with E-state index in [1.807, 2.05) is 13.0 Å². The first-order valence-corrected chi connectivity index (χ1v) is 8.00. The third kappa shape index (κ3) is 2.92. The Labute approximate surface area is 137 Å². The molecule has 2 amide bonds. The Kier molecular flexibility index (Phi) is 4.04. The van der Waals surface area contributed by atoms with Crippen molar-refractivity contribution >= 4 is 39.2 Å². The van der Waals surface area contributed by atoms with E-state index in [9.17, 15) is 14.4 Å². The van der Waals surface area contributed by atoms with Crippen LogP contribution >= 0.6 is 11.3 Å². The SMILES string of the molecule is COC(=O)c1cccc2sc(C(=O)N3CC(=O)NC(C)C3)cc12. The fraction of sp³-hybridized carbons (Fsp3) is 0.312. The monoisotopic (exact) mass is 332 g/mol. The number of ether oxygens (including phenoxy) is 1. The summed E-state index contributed by atoms with van der Waals surface area (Å²) in [6, 6.07) is 6.92. The number of hydrogen-bond acceptors (Lipinski definition) is 5. The number of amides is 2. The first-order chi connectivity index (χ1) is 11.0. The summed E-state index contributed by atoms with van der Waals surface area (Å²) in [7, 11) is 1.33. The Bertz CT molecular complexity index is 798. The van der Waals surface area contributed by atoms with Gasteiger partial charge in [0.25, 0.3) is 5.91 Å². The van der Waals surface area contributed by atoms with Crippen molar-refractivity contribution in [1.82, 2.24) is 10.2 Å². The average Bonchev–Trinajstić information content (AvgIpc) is 2.96. The number of nitrogens with zero attached hydrogens (tertiary/aromatic N) is 1. The smallest absolute Gasteiger partial charge is 0.338 e. The van der Waals surface area contributed by atoms with Crippen LogP contribution in [0.2, 0.25) is 0 Å². The van der Waals surface area contributed by atoms with Crippen LogP contribution < -0.4 is 5.32 Å². The molecule has 1 saturated heterocycles. The molecule has 1 atom stereocenters. The first-order valence-electron chi connectivity index (χ1n) is 7.19. The molecule has 120 valence electrons. The standard InChI is InChI=1S/C16H16N2O4S/c1-9-7-18(8-14(19)17-9)15(20)13-6-11-10(16(21)22-2)4-3-5-12(11)23-13/h3-6,9H,7-8H2,1-2H3,(H,17,19). The third-order valence-corrected chi connectivity index (χ3v) is 4.79. The van der Waals surface area contributed by atoms with Crippen molar-refractivity contribution in [3.63, 3.8) is 0 Å². The molecule has 1 N–H and O–H groups in total. The first kappa shape index (κ1) is 15.5. The average molecular weight is 332 g/mol. The molecule has 0 aliphatic carbocycles. The quantitative estimate of drug-likeness (QED) is 0.849. The van der Waals surface area contributed by atoms with Crippen LogP contribution in [-0.4, -0.2) is 48.9 Å². The zero-order valence-electron chi connectivity index (χ0n) is 12.8. The van der Waals surface area contributed by atoms with Gasteiger partial charge in [0.15, 0.2) is 0 Å². The Morgan fingerprint density at radius 3 is 2.87 bits per heavy atom. The van der Waals surface area contributed by atoms with Crippen LogP contribution in [0.3, 0.4) is 0 Å². The van der Waals surface area contributed by atoms with Crippen LogP contribution in [0, 0.1) is 0 Å². The highest BCUT2D eigenvalue weighted by Gasteiger charge is 2.27. The number of benzene rings is 1. The van der Waals surface area contributed by atoms with E-state index in [0.29, 0.717) is 22.4 Å². The molecule has 0 saturated carbocycles. The summed E-state index contributed by atoms with van der Waals surface area (Å²) in [4.78, 5) is 38.1. The predicted octanol–water partition coefficient (Wildman–Crippen LogP) is 1.65.